The van der Waals surface area contributed by atoms with Gasteiger partial charge in [0.15, 0.2) is 0 Å². The van der Waals surface area contributed by atoms with Crippen molar-refractivity contribution in [2.24, 2.45) is 0 Å². The maximum absolute atomic E-state index is 13.8. The predicted octanol–water partition coefficient (Wildman–Crippen LogP) is 4.10. The highest BCUT2D eigenvalue weighted by atomic mass is 32.2. The Morgan fingerprint density at radius 3 is 2.09 bits per heavy atom. The van der Waals surface area contributed by atoms with Crippen molar-refractivity contribution in [3.05, 3.63) is 64.7 Å². The minimum absolute atomic E-state index is 0.0328. The smallest absolute Gasteiger partial charge is 0.244 e. The van der Waals surface area contributed by atoms with Crippen molar-refractivity contribution in [3.63, 3.8) is 0 Å². The van der Waals surface area contributed by atoms with Gasteiger partial charge in [-0.1, -0.05) is 61.9 Å². The Morgan fingerprint density at radius 1 is 0.971 bits per heavy atom. The number of amides is 2. The third kappa shape index (κ3) is 7.56. The molecule has 2 rings (SSSR count). The van der Waals surface area contributed by atoms with E-state index in [1.807, 2.05) is 84.0 Å². The molecule has 1 N–H and O–H groups in total. The van der Waals surface area contributed by atoms with Crippen LogP contribution in [0.15, 0.2) is 42.5 Å². The summed E-state index contributed by atoms with van der Waals surface area (Å²) in [4.78, 5) is 28.5. The molecule has 2 atom stereocenters. The van der Waals surface area contributed by atoms with Crippen molar-refractivity contribution in [2.45, 2.75) is 73.0 Å². The summed E-state index contributed by atoms with van der Waals surface area (Å²) in [5, 5.41) is 2.98. The molecule has 0 saturated heterocycles. The van der Waals surface area contributed by atoms with Gasteiger partial charge < -0.3 is 10.2 Å². The van der Waals surface area contributed by atoms with Crippen LogP contribution in [0.1, 0.15) is 55.9 Å². The van der Waals surface area contributed by atoms with Crippen LogP contribution in [0, 0.1) is 20.8 Å². The van der Waals surface area contributed by atoms with Gasteiger partial charge in [0.05, 0.1) is 11.9 Å². The van der Waals surface area contributed by atoms with E-state index in [4.69, 9.17) is 0 Å². The number of nitrogens with one attached hydrogen (secondary N) is 1. The maximum atomic E-state index is 13.8. The number of anilines is 1. The number of sulfonamides is 1. The summed E-state index contributed by atoms with van der Waals surface area (Å²) in [6.07, 6.45) is 2.27. The molecule has 2 aromatic carbocycles. The quantitative estimate of drug-likeness (QED) is 0.502. The highest BCUT2D eigenvalue weighted by molar-refractivity contribution is 7.92. The molecule has 0 unspecified atom stereocenters. The third-order valence-corrected chi connectivity index (χ3v) is 7.30. The fourth-order valence-electron chi connectivity index (χ4n) is 4.14. The number of aryl methyl sites for hydroxylation is 3. The molecule has 0 fully saturated rings. The van der Waals surface area contributed by atoms with E-state index in [1.165, 1.54) is 4.90 Å². The van der Waals surface area contributed by atoms with E-state index >= 15 is 0 Å². The summed E-state index contributed by atoms with van der Waals surface area (Å²) in [6, 6.07) is 12.5. The van der Waals surface area contributed by atoms with Gasteiger partial charge in [0.25, 0.3) is 0 Å². The van der Waals surface area contributed by atoms with Gasteiger partial charge in [0.2, 0.25) is 21.8 Å². The number of hydrogen-bond donors (Lipinski definition) is 1. The number of carbonyl (C=O) groups is 2. The van der Waals surface area contributed by atoms with Crippen molar-refractivity contribution in [1.29, 1.82) is 0 Å². The fraction of sp³-hybridized carbons (Fsp3) is 0.481. The number of hydrogen-bond acceptors (Lipinski definition) is 4. The lowest BCUT2D eigenvalue weighted by Gasteiger charge is -2.34. The van der Waals surface area contributed by atoms with E-state index in [-0.39, 0.29) is 25.0 Å². The van der Waals surface area contributed by atoms with Crippen LogP contribution in [0.3, 0.4) is 0 Å². The molecule has 0 heterocycles. The first kappa shape index (κ1) is 28.4. The predicted molar refractivity (Wildman–Crippen MR) is 142 cm³/mol. The van der Waals surface area contributed by atoms with Crippen LogP contribution >= 0.6 is 0 Å². The molecule has 0 aliphatic heterocycles. The number of benzene rings is 2. The van der Waals surface area contributed by atoms with Crippen LogP contribution in [0.2, 0.25) is 0 Å². The van der Waals surface area contributed by atoms with Crippen LogP contribution in [-0.2, 0) is 26.2 Å². The Balaban J connectivity index is 2.50. The Labute approximate surface area is 210 Å². The van der Waals surface area contributed by atoms with Crippen molar-refractivity contribution >= 4 is 27.5 Å². The molecule has 2 amide bonds. The summed E-state index contributed by atoms with van der Waals surface area (Å²) in [5.74, 6) is -0.661. The zero-order valence-corrected chi connectivity index (χ0v) is 22.8. The van der Waals surface area contributed by atoms with Gasteiger partial charge in [-0.25, -0.2) is 8.42 Å². The molecule has 192 valence electrons. The number of carbonyl (C=O) groups excluding carboxylic acids is 2. The molecule has 7 nitrogen and oxygen atoms in total. The van der Waals surface area contributed by atoms with Gasteiger partial charge in [-0.05, 0) is 57.2 Å². The molecule has 35 heavy (non-hydrogen) atoms. The second-order valence-electron chi connectivity index (χ2n) is 9.26. The summed E-state index contributed by atoms with van der Waals surface area (Å²) < 4.78 is 26.8. The van der Waals surface area contributed by atoms with E-state index in [0.29, 0.717) is 12.1 Å². The topological polar surface area (TPSA) is 86.8 Å². The number of rotatable bonds is 11. The zero-order valence-electron chi connectivity index (χ0n) is 22.0. The minimum Gasteiger partial charge on any atom is -0.352 e. The number of para-hydroxylation sites is 1. The molecular weight excluding hydrogens is 462 g/mol. The lowest BCUT2D eigenvalue weighted by atomic mass is 10.1. The van der Waals surface area contributed by atoms with Gasteiger partial charge >= 0.3 is 0 Å². The second-order valence-corrected chi connectivity index (χ2v) is 11.2. The highest BCUT2D eigenvalue weighted by Crippen LogP contribution is 2.27. The average Bonchev–Trinajstić information content (AvgIpc) is 2.77. The van der Waals surface area contributed by atoms with E-state index < -0.39 is 22.0 Å². The highest BCUT2D eigenvalue weighted by Gasteiger charge is 2.32. The standard InChI is InChI=1S/C27H39N3O4S/c1-8-22(6)28-27(32)24(9-2)29(17-23-15-10-12-19(3)16-23)25(31)18-30(35(7,33)34)26-20(4)13-11-14-21(26)5/h10-16,22,24H,8-9,17-18H2,1-7H3,(H,28,32)/t22-,24-/m0/s1. The summed E-state index contributed by atoms with van der Waals surface area (Å²) >= 11 is 0. The molecule has 8 heteroatoms. The SMILES string of the molecule is CC[C@H](C)NC(=O)[C@H](CC)N(Cc1cccc(C)c1)C(=O)CN(c1c(C)cccc1C)S(C)(=O)=O. The van der Waals surface area contributed by atoms with Crippen molar-refractivity contribution < 1.29 is 18.0 Å². The van der Waals surface area contributed by atoms with Crippen molar-refractivity contribution in [2.75, 3.05) is 17.1 Å². The zero-order chi connectivity index (χ0) is 26.3. The van der Waals surface area contributed by atoms with Crippen LogP contribution in [-0.4, -0.2) is 50.0 Å². The maximum Gasteiger partial charge on any atom is 0.244 e. The van der Waals surface area contributed by atoms with E-state index in [9.17, 15) is 18.0 Å². The van der Waals surface area contributed by atoms with E-state index in [0.717, 1.165) is 39.2 Å². The molecule has 0 aliphatic carbocycles. The first-order valence-corrected chi connectivity index (χ1v) is 13.9. The molecule has 0 saturated carbocycles. The molecular formula is C27H39N3O4S. The largest absolute Gasteiger partial charge is 0.352 e. The molecule has 0 spiro atoms. The molecule has 0 aromatic heterocycles. The van der Waals surface area contributed by atoms with Gasteiger partial charge in [-0.15, -0.1) is 0 Å². The molecule has 0 bridgehead atoms. The van der Waals surface area contributed by atoms with Crippen LogP contribution in [0.4, 0.5) is 5.69 Å². The van der Waals surface area contributed by atoms with Crippen molar-refractivity contribution in [3.8, 4) is 0 Å². The van der Waals surface area contributed by atoms with Crippen LogP contribution < -0.4 is 9.62 Å². The van der Waals surface area contributed by atoms with Gasteiger partial charge in [-0.3, -0.25) is 13.9 Å². The van der Waals surface area contributed by atoms with Crippen molar-refractivity contribution in [1.82, 2.24) is 10.2 Å². The summed E-state index contributed by atoms with van der Waals surface area (Å²) in [7, 11) is -3.76. The van der Waals surface area contributed by atoms with Gasteiger partial charge in [-0.2, -0.15) is 0 Å². The number of nitrogens with zero attached hydrogens (tertiary/aromatic N) is 2. The average molecular weight is 502 g/mol. The second kappa shape index (κ2) is 12.2. The van der Waals surface area contributed by atoms with Gasteiger partial charge in [0, 0.05) is 12.6 Å². The molecule has 0 radical (unpaired) electrons. The molecule has 0 aliphatic rings. The van der Waals surface area contributed by atoms with E-state index in [1.54, 1.807) is 0 Å². The first-order valence-electron chi connectivity index (χ1n) is 12.1. The van der Waals surface area contributed by atoms with Crippen LogP contribution in [0.5, 0.6) is 0 Å². The minimum atomic E-state index is -3.76. The fourth-order valence-corrected chi connectivity index (χ4v) is 5.11. The first-order chi connectivity index (χ1) is 16.4. The van der Waals surface area contributed by atoms with E-state index in [2.05, 4.69) is 5.32 Å². The summed E-state index contributed by atoms with van der Waals surface area (Å²) in [5.41, 5.74) is 3.94. The Hall–Kier alpha value is -2.87. The normalized spacial score (nSPS) is 13.1. The molecule has 2 aromatic rings. The summed E-state index contributed by atoms with van der Waals surface area (Å²) in [6.45, 7) is 11.2. The Bertz CT molecular complexity index is 1130. The van der Waals surface area contributed by atoms with Crippen LogP contribution in [0.25, 0.3) is 0 Å². The Morgan fingerprint density at radius 2 is 1.57 bits per heavy atom. The Kier molecular flexibility index (Phi) is 9.89. The third-order valence-electron chi connectivity index (χ3n) is 6.19. The monoisotopic (exact) mass is 501 g/mol. The van der Waals surface area contributed by atoms with Gasteiger partial charge in [0.1, 0.15) is 12.6 Å². The lowest BCUT2D eigenvalue weighted by molar-refractivity contribution is -0.140. The lowest BCUT2D eigenvalue weighted by Crippen LogP contribution is -2.53.